The zero-order valence-electron chi connectivity index (χ0n) is 6.55. The molecule has 1 N–H and O–H groups in total. The van der Waals surface area contributed by atoms with Crippen LogP contribution in [0.25, 0.3) is 0 Å². The van der Waals surface area contributed by atoms with Crippen LogP contribution in [0.1, 0.15) is 6.92 Å². The van der Waals surface area contributed by atoms with Gasteiger partial charge in [-0.3, -0.25) is 0 Å². The van der Waals surface area contributed by atoms with Crippen molar-refractivity contribution in [3.8, 4) is 0 Å². The zero-order valence-corrected chi connectivity index (χ0v) is 10.8. The van der Waals surface area contributed by atoms with Crippen LogP contribution in [0.4, 0.5) is 0 Å². The first-order chi connectivity index (χ1) is 3.15. The number of hydrogen-bond acceptors (Lipinski definition) is 1. The van der Waals surface area contributed by atoms with Gasteiger partial charge < -0.3 is 11.7 Å². The molecule has 0 fully saturated rings. The average molecular weight is 224 g/mol. The second-order valence-corrected chi connectivity index (χ2v) is 4.50. The van der Waals surface area contributed by atoms with Gasteiger partial charge in [0.05, 0.1) is 0 Å². The molecule has 0 aromatic rings. The van der Waals surface area contributed by atoms with Crippen molar-refractivity contribution < 1.29 is 5.11 Å². The Kier molecular flexibility index (Phi) is 56.7. The van der Waals surface area contributed by atoms with Gasteiger partial charge in [-0.05, 0) is 6.92 Å². The topological polar surface area (TPSA) is 20.2 Å². The van der Waals surface area contributed by atoms with Crippen LogP contribution in [0.5, 0.6) is 0 Å². The molecule has 0 aliphatic heterocycles. The number of aliphatic hydroxyl groups excluding tert-OH is 1. The molecular weight excluding hydrogens is 208 g/mol. The van der Waals surface area contributed by atoms with E-state index in [1.807, 2.05) is 0 Å². The van der Waals surface area contributed by atoms with Gasteiger partial charge >= 0.3 is 23.1 Å². The Morgan fingerprint density at radius 1 is 1.44 bits per heavy atom. The summed E-state index contributed by atoms with van der Waals surface area (Å²) in [5, 5.41) is 7.57. The molecule has 1 nitrogen and oxygen atoms in total. The molecule has 0 rings (SSSR count). The van der Waals surface area contributed by atoms with E-state index >= 15 is 0 Å². The number of hydrogen-bond donors (Lipinski definition) is 1. The summed E-state index contributed by atoms with van der Waals surface area (Å²) < 4.78 is 0. The molecule has 0 atom stereocenters. The number of halogens is 1. The van der Waals surface area contributed by atoms with E-state index in [9.17, 15) is 0 Å². The molecule has 54 valence electrons. The summed E-state index contributed by atoms with van der Waals surface area (Å²) in [6, 6.07) is 0. The van der Waals surface area contributed by atoms with E-state index in [0.717, 1.165) is 0 Å². The molecule has 0 saturated carbocycles. The third-order valence-electron chi connectivity index (χ3n) is 0. The van der Waals surface area contributed by atoms with Crippen molar-refractivity contribution in [1.82, 2.24) is 0 Å². The van der Waals surface area contributed by atoms with Crippen LogP contribution in [0.15, 0.2) is 0 Å². The molecule has 0 saturated heterocycles. The maximum absolute atomic E-state index is 7.57. The second kappa shape index (κ2) is 22.7. The Bertz CT molecular complexity index is 28.2. The van der Waals surface area contributed by atoms with Crippen LogP contribution in [-0.2, 0) is 0 Å². The molecule has 0 aromatic heterocycles. The van der Waals surface area contributed by atoms with Crippen molar-refractivity contribution in [1.29, 1.82) is 0 Å². The van der Waals surface area contributed by atoms with Crippen molar-refractivity contribution in [2.24, 2.45) is 0 Å². The fraction of sp³-hybridized carbons (Fsp3) is 0.800. The molecule has 0 unspecified atom stereocenters. The van der Waals surface area contributed by atoms with E-state index < -0.39 is 0 Å². The van der Waals surface area contributed by atoms with Crippen LogP contribution in [0.2, 0.25) is 13.1 Å². The van der Waals surface area contributed by atoms with Gasteiger partial charge in [0.25, 0.3) is 0 Å². The zero-order chi connectivity index (χ0) is 6.28. The Balaban J connectivity index is -0.0000000233. The van der Waals surface area contributed by atoms with Gasteiger partial charge in [0, 0.05) is 6.61 Å². The molecule has 0 aliphatic rings. The molecule has 0 aliphatic carbocycles. The van der Waals surface area contributed by atoms with Crippen LogP contribution >= 0.6 is 17.0 Å². The van der Waals surface area contributed by atoms with E-state index in [4.69, 9.17) is 5.11 Å². The van der Waals surface area contributed by atoms with E-state index in [2.05, 4.69) is 19.6 Å². The van der Waals surface area contributed by atoms with E-state index in [1.54, 1.807) is 6.92 Å². The van der Waals surface area contributed by atoms with Crippen molar-refractivity contribution >= 4 is 48.8 Å². The summed E-state index contributed by atoms with van der Waals surface area (Å²) in [5.41, 5.74) is 0. The molecule has 4 heteroatoms. The summed E-state index contributed by atoms with van der Waals surface area (Å²) >= 11 is 0. The van der Waals surface area contributed by atoms with Crippen LogP contribution < -0.4 is 0 Å². The summed E-state index contributed by atoms with van der Waals surface area (Å²) in [6.45, 7) is 10.1. The van der Waals surface area contributed by atoms with Gasteiger partial charge in [0.2, 0.25) is 0 Å². The maximum Gasteiger partial charge on any atom is 2.00 e. The van der Waals surface area contributed by atoms with Crippen LogP contribution in [-0.4, -0.2) is 43.6 Å². The predicted molar refractivity (Wildman–Crippen MR) is 53.1 cm³/mol. The SMILES string of the molecule is Br.CCO.[CH2-][SiH](C)C.[Mg+2]. The Labute approximate surface area is 86.8 Å². The van der Waals surface area contributed by atoms with Gasteiger partial charge in [0.1, 0.15) is 0 Å². The normalized spacial score (nSPS) is 6.00. The smallest absolute Gasteiger partial charge is 0.397 e. The molecule has 0 aromatic carbocycles. The van der Waals surface area contributed by atoms with Gasteiger partial charge in [-0.25, -0.2) is 0 Å². The Hall–Kier alpha value is 1.42. The van der Waals surface area contributed by atoms with Gasteiger partial charge in [-0.1, -0.05) is 13.1 Å². The largest absolute Gasteiger partial charge is 2.00 e. The molecule has 0 amide bonds. The first-order valence-corrected chi connectivity index (χ1v) is 5.71. The third kappa shape index (κ3) is 256. The summed E-state index contributed by atoms with van der Waals surface area (Å²) in [7, 11) is -0.389. The minimum Gasteiger partial charge on any atom is -0.397 e. The summed E-state index contributed by atoms with van der Waals surface area (Å²) in [6.07, 6.45) is 0. The number of aliphatic hydroxyl groups is 1. The molecule has 0 heterocycles. The Morgan fingerprint density at radius 3 is 1.44 bits per heavy atom. The maximum atomic E-state index is 7.57. The fourth-order valence-electron chi connectivity index (χ4n) is 0. The first-order valence-electron chi connectivity index (χ1n) is 2.59. The van der Waals surface area contributed by atoms with Crippen molar-refractivity contribution in [3.05, 3.63) is 6.55 Å². The molecular formula is C5H16BrMgOSi+. The predicted octanol–water partition coefficient (Wildman–Crippen LogP) is 1.04. The minimum atomic E-state index is -0.389. The third-order valence-corrected chi connectivity index (χ3v) is 0. The van der Waals surface area contributed by atoms with E-state index in [-0.39, 0.29) is 55.4 Å². The average Bonchev–Trinajstić information content (AvgIpc) is 1.33. The number of rotatable bonds is 0. The standard InChI is InChI=1S/C3H9Si.C2H6O.BrH.Mg/c1-4(2)3;1-2-3;;/h4H,1H2,2-3H3;3H,2H2,1H3;1H;/q-1;;;+2. The monoisotopic (exact) mass is 223 g/mol. The molecule has 9 heavy (non-hydrogen) atoms. The van der Waals surface area contributed by atoms with E-state index in [1.165, 1.54) is 0 Å². The molecule has 0 bridgehead atoms. The Morgan fingerprint density at radius 2 is 1.44 bits per heavy atom. The fourth-order valence-corrected chi connectivity index (χ4v) is 0. The van der Waals surface area contributed by atoms with Gasteiger partial charge in [0.15, 0.2) is 0 Å². The summed E-state index contributed by atoms with van der Waals surface area (Å²) in [4.78, 5) is 0. The van der Waals surface area contributed by atoms with Crippen molar-refractivity contribution in [3.63, 3.8) is 0 Å². The van der Waals surface area contributed by atoms with Crippen LogP contribution in [0, 0.1) is 6.55 Å². The second-order valence-electron chi connectivity index (χ2n) is 1.71. The molecule has 0 radical (unpaired) electrons. The van der Waals surface area contributed by atoms with Crippen LogP contribution in [0.3, 0.4) is 0 Å². The van der Waals surface area contributed by atoms with Gasteiger partial charge in [-0.15, -0.1) is 25.8 Å². The summed E-state index contributed by atoms with van der Waals surface area (Å²) in [5.74, 6) is 0. The van der Waals surface area contributed by atoms with E-state index in [0.29, 0.717) is 0 Å². The molecule has 0 spiro atoms. The van der Waals surface area contributed by atoms with Crippen molar-refractivity contribution in [2.75, 3.05) is 6.61 Å². The minimum absolute atomic E-state index is 0. The van der Waals surface area contributed by atoms with Gasteiger partial charge in [-0.2, -0.15) is 0 Å². The first kappa shape index (κ1) is 22.4. The quantitative estimate of drug-likeness (QED) is 0.482. The van der Waals surface area contributed by atoms with Crippen molar-refractivity contribution in [2.45, 2.75) is 20.0 Å².